The molecular weight excluding hydrogens is 308 g/mol. The van der Waals surface area contributed by atoms with Gasteiger partial charge in [0.2, 0.25) is 0 Å². The topological polar surface area (TPSA) is 105 Å². The summed E-state index contributed by atoms with van der Waals surface area (Å²) < 4.78 is 19.7. The Morgan fingerprint density at radius 2 is 1.22 bits per heavy atom. The van der Waals surface area contributed by atoms with Crippen LogP contribution in [0.3, 0.4) is 0 Å². The van der Waals surface area contributed by atoms with Gasteiger partial charge >= 0.3 is 23.9 Å². The van der Waals surface area contributed by atoms with Crippen LogP contribution in [0.5, 0.6) is 11.5 Å². The molecule has 0 aromatic heterocycles. The molecule has 1 aromatic carbocycles. The monoisotopic (exact) mass is 324 g/mol. The van der Waals surface area contributed by atoms with Crippen molar-refractivity contribution in [1.82, 2.24) is 0 Å². The largest absolute Gasteiger partial charge is 0.423 e. The van der Waals surface area contributed by atoms with E-state index in [1.54, 1.807) is 0 Å². The predicted octanol–water partition coefficient (Wildman–Crippen LogP) is 1.66. The van der Waals surface area contributed by atoms with Gasteiger partial charge in [0.1, 0.15) is 0 Å². The van der Waals surface area contributed by atoms with Crippen LogP contribution in [-0.2, 0) is 28.7 Å². The first-order chi connectivity index (χ1) is 10.7. The molecule has 0 radical (unpaired) electrons. The second-order valence-electron chi connectivity index (χ2n) is 4.44. The number of esters is 4. The summed E-state index contributed by atoms with van der Waals surface area (Å²) in [6.45, 7) is 4.65. The van der Waals surface area contributed by atoms with Gasteiger partial charge in [-0.05, 0) is 18.2 Å². The van der Waals surface area contributed by atoms with Gasteiger partial charge in [-0.15, -0.1) is 0 Å². The number of carbonyl (C=O) groups is 4. The van der Waals surface area contributed by atoms with Crippen molar-refractivity contribution in [3.63, 3.8) is 0 Å². The van der Waals surface area contributed by atoms with Crippen molar-refractivity contribution >= 4 is 23.9 Å². The summed E-state index contributed by atoms with van der Waals surface area (Å²) in [5.74, 6) is -2.67. The minimum Gasteiger partial charge on any atom is -0.423 e. The molecule has 0 heterocycles. The van der Waals surface area contributed by atoms with Crippen molar-refractivity contribution in [3.05, 3.63) is 23.8 Å². The summed E-state index contributed by atoms with van der Waals surface area (Å²) in [6, 6.07) is 4.01. The Labute approximate surface area is 132 Å². The zero-order valence-electron chi connectivity index (χ0n) is 13.1. The van der Waals surface area contributed by atoms with Crippen LogP contribution in [0.25, 0.3) is 0 Å². The van der Waals surface area contributed by atoms with Crippen LogP contribution >= 0.6 is 0 Å². The van der Waals surface area contributed by atoms with Gasteiger partial charge in [0.05, 0.1) is 0 Å². The molecule has 23 heavy (non-hydrogen) atoms. The van der Waals surface area contributed by atoms with Crippen LogP contribution in [0, 0.1) is 0 Å². The van der Waals surface area contributed by atoms with E-state index in [1.165, 1.54) is 32.0 Å². The van der Waals surface area contributed by atoms with Gasteiger partial charge in [0.25, 0.3) is 6.29 Å². The number of carbonyl (C=O) groups excluding carboxylic acids is 4. The fourth-order valence-electron chi connectivity index (χ4n) is 1.61. The van der Waals surface area contributed by atoms with Crippen LogP contribution in [0.1, 0.15) is 39.5 Å². The smallest absolute Gasteiger partial charge is 0.308 e. The standard InChI is InChI=1S/C15H16O8/c1-8(16)20-13-6-5-12(7-14(13)21-9(2)17)15(22-10(3)18)23-11(4)19/h5-7,15H,1-4H3. The maximum atomic E-state index is 11.2. The van der Waals surface area contributed by atoms with E-state index in [9.17, 15) is 19.2 Å². The van der Waals surface area contributed by atoms with Crippen LogP contribution in [0.2, 0.25) is 0 Å². The van der Waals surface area contributed by atoms with Crippen molar-refractivity contribution < 1.29 is 38.1 Å². The van der Waals surface area contributed by atoms with Gasteiger partial charge in [-0.1, -0.05) is 0 Å². The van der Waals surface area contributed by atoms with Crippen molar-refractivity contribution in [3.8, 4) is 11.5 Å². The zero-order chi connectivity index (χ0) is 17.6. The lowest BCUT2D eigenvalue weighted by Crippen LogP contribution is -2.15. The van der Waals surface area contributed by atoms with Crippen LogP contribution < -0.4 is 9.47 Å². The summed E-state index contributed by atoms with van der Waals surface area (Å²) in [5, 5.41) is 0. The molecule has 1 aromatic rings. The van der Waals surface area contributed by atoms with E-state index in [4.69, 9.17) is 18.9 Å². The summed E-state index contributed by atoms with van der Waals surface area (Å²) in [6.07, 6.45) is -1.31. The minimum atomic E-state index is -1.31. The van der Waals surface area contributed by atoms with Gasteiger partial charge < -0.3 is 18.9 Å². The molecule has 0 N–H and O–H groups in total. The van der Waals surface area contributed by atoms with Crippen LogP contribution in [0.4, 0.5) is 0 Å². The molecule has 0 bridgehead atoms. The van der Waals surface area contributed by atoms with Crippen molar-refractivity contribution in [2.45, 2.75) is 34.0 Å². The van der Waals surface area contributed by atoms with Crippen molar-refractivity contribution in [2.75, 3.05) is 0 Å². The van der Waals surface area contributed by atoms with Crippen LogP contribution in [0.15, 0.2) is 18.2 Å². The van der Waals surface area contributed by atoms with Gasteiger partial charge in [-0.3, -0.25) is 19.2 Å². The SMILES string of the molecule is CC(=O)Oc1ccc(C(OC(C)=O)OC(C)=O)cc1OC(C)=O. The average Bonchev–Trinajstić information content (AvgIpc) is 2.37. The third kappa shape index (κ3) is 6.16. The van der Waals surface area contributed by atoms with E-state index in [0.29, 0.717) is 0 Å². The Bertz CT molecular complexity index is 618. The number of hydrogen-bond donors (Lipinski definition) is 0. The Balaban J connectivity index is 3.22. The lowest BCUT2D eigenvalue weighted by Gasteiger charge is -2.18. The van der Waals surface area contributed by atoms with E-state index < -0.39 is 30.2 Å². The van der Waals surface area contributed by atoms with Gasteiger partial charge in [0, 0.05) is 33.3 Å². The third-order valence-corrected chi connectivity index (χ3v) is 2.29. The fourth-order valence-corrected chi connectivity index (χ4v) is 1.61. The zero-order valence-corrected chi connectivity index (χ0v) is 13.1. The first kappa shape index (κ1) is 18.1. The van der Waals surface area contributed by atoms with Crippen LogP contribution in [-0.4, -0.2) is 23.9 Å². The molecule has 0 saturated heterocycles. The van der Waals surface area contributed by atoms with Gasteiger partial charge in [-0.25, -0.2) is 0 Å². The molecule has 0 aliphatic rings. The number of benzene rings is 1. The fraction of sp³-hybridized carbons (Fsp3) is 0.333. The maximum absolute atomic E-state index is 11.2. The third-order valence-electron chi connectivity index (χ3n) is 2.29. The first-order valence-corrected chi connectivity index (χ1v) is 6.54. The van der Waals surface area contributed by atoms with Gasteiger partial charge in [0.15, 0.2) is 11.5 Å². The Morgan fingerprint density at radius 3 is 1.65 bits per heavy atom. The normalized spacial score (nSPS) is 9.96. The lowest BCUT2D eigenvalue weighted by molar-refractivity contribution is -0.186. The second kappa shape index (κ2) is 7.92. The first-order valence-electron chi connectivity index (χ1n) is 6.54. The predicted molar refractivity (Wildman–Crippen MR) is 75.3 cm³/mol. The molecule has 0 unspecified atom stereocenters. The number of rotatable bonds is 5. The summed E-state index contributed by atoms with van der Waals surface area (Å²) in [4.78, 5) is 44.4. The van der Waals surface area contributed by atoms with Gasteiger partial charge in [-0.2, -0.15) is 0 Å². The summed E-state index contributed by atoms with van der Waals surface area (Å²) in [5.41, 5.74) is 0.225. The molecule has 0 saturated carbocycles. The molecule has 124 valence electrons. The Hall–Kier alpha value is -2.90. The lowest BCUT2D eigenvalue weighted by atomic mass is 10.2. The molecule has 0 aliphatic heterocycles. The minimum absolute atomic E-state index is 0.000787. The van der Waals surface area contributed by atoms with Crippen molar-refractivity contribution in [1.29, 1.82) is 0 Å². The highest BCUT2D eigenvalue weighted by molar-refractivity contribution is 5.74. The van der Waals surface area contributed by atoms with E-state index in [-0.39, 0.29) is 17.1 Å². The second-order valence-corrected chi connectivity index (χ2v) is 4.44. The quantitative estimate of drug-likeness (QED) is 0.457. The van der Waals surface area contributed by atoms with E-state index in [1.807, 2.05) is 0 Å². The Morgan fingerprint density at radius 1 is 0.739 bits per heavy atom. The molecule has 0 atom stereocenters. The molecule has 0 amide bonds. The molecule has 8 nitrogen and oxygen atoms in total. The highest BCUT2D eigenvalue weighted by Gasteiger charge is 2.21. The number of ether oxygens (including phenoxy) is 4. The molecule has 0 aliphatic carbocycles. The highest BCUT2D eigenvalue weighted by atomic mass is 16.7. The molecule has 0 spiro atoms. The van der Waals surface area contributed by atoms with E-state index in [2.05, 4.69) is 0 Å². The molecule has 8 heteroatoms. The summed E-state index contributed by atoms with van der Waals surface area (Å²) >= 11 is 0. The Kier molecular flexibility index (Phi) is 6.25. The number of hydrogen-bond acceptors (Lipinski definition) is 8. The molecule has 0 fully saturated rings. The van der Waals surface area contributed by atoms with E-state index >= 15 is 0 Å². The average molecular weight is 324 g/mol. The summed E-state index contributed by atoms with van der Waals surface area (Å²) in [7, 11) is 0. The molecular formula is C15H16O8. The molecule has 1 rings (SSSR count). The maximum Gasteiger partial charge on any atom is 0.308 e. The highest BCUT2D eigenvalue weighted by Crippen LogP contribution is 2.32. The van der Waals surface area contributed by atoms with E-state index in [0.717, 1.165) is 13.8 Å². The van der Waals surface area contributed by atoms with Crippen molar-refractivity contribution in [2.24, 2.45) is 0 Å².